The van der Waals surface area contributed by atoms with Gasteiger partial charge in [-0.1, -0.05) is 13.0 Å². The SMILES string of the molecule is CC1CCc2c(sc3nc(C4CC4)nc(N4CCN(C(=O)c5cccc(C(F)(F)F)c5)CC4)c23)C1. The zero-order chi connectivity index (χ0) is 24.3. The third-order valence-corrected chi connectivity index (χ3v) is 8.55. The fourth-order valence-electron chi connectivity index (χ4n) is 5.22. The maximum atomic E-state index is 13.1. The highest BCUT2D eigenvalue weighted by Gasteiger charge is 2.34. The van der Waals surface area contributed by atoms with E-state index in [2.05, 4.69) is 11.8 Å². The van der Waals surface area contributed by atoms with Crippen LogP contribution in [-0.2, 0) is 19.0 Å². The van der Waals surface area contributed by atoms with E-state index in [9.17, 15) is 18.0 Å². The van der Waals surface area contributed by atoms with Crippen molar-refractivity contribution in [1.29, 1.82) is 0 Å². The van der Waals surface area contributed by atoms with Gasteiger partial charge >= 0.3 is 6.18 Å². The number of fused-ring (bicyclic) bond motifs is 3. The Bertz CT molecular complexity index is 1290. The van der Waals surface area contributed by atoms with Gasteiger partial charge in [-0.25, -0.2) is 9.97 Å². The maximum absolute atomic E-state index is 13.1. The summed E-state index contributed by atoms with van der Waals surface area (Å²) in [6.45, 7) is 4.39. The fourth-order valence-corrected chi connectivity index (χ4v) is 6.61. The summed E-state index contributed by atoms with van der Waals surface area (Å²) >= 11 is 1.81. The van der Waals surface area contributed by atoms with E-state index in [4.69, 9.17) is 9.97 Å². The molecule has 1 aliphatic heterocycles. The number of piperazine rings is 1. The van der Waals surface area contributed by atoms with Crippen LogP contribution in [0.5, 0.6) is 0 Å². The third kappa shape index (κ3) is 4.28. The van der Waals surface area contributed by atoms with Crippen LogP contribution < -0.4 is 4.90 Å². The molecular weight excluding hydrogens is 473 g/mol. The molecule has 2 fully saturated rings. The normalized spacial score (nSPS) is 20.9. The lowest BCUT2D eigenvalue weighted by Gasteiger charge is -2.36. The van der Waals surface area contributed by atoms with E-state index in [1.807, 2.05) is 11.3 Å². The van der Waals surface area contributed by atoms with E-state index in [0.717, 1.165) is 54.3 Å². The Kier molecular flexibility index (Phi) is 5.51. The molecule has 0 radical (unpaired) electrons. The summed E-state index contributed by atoms with van der Waals surface area (Å²) in [6, 6.07) is 4.69. The van der Waals surface area contributed by atoms with Crippen LogP contribution in [0.1, 0.15) is 64.3 Å². The molecule has 0 spiro atoms. The van der Waals surface area contributed by atoms with Crippen molar-refractivity contribution in [2.24, 2.45) is 5.92 Å². The van der Waals surface area contributed by atoms with Gasteiger partial charge in [0.1, 0.15) is 16.5 Å². The van der Waals surface area contributed by atoms with Crippen molar-refractivity contribution in [3.63, 3.8) is 0 Å². The molecule has 3 heterocycles. The Morgan fingerprint density at radius 2 is 1.86 bits per heavy atom. The lowest BCUT2D eigenvalue weighted by Crippen LogP contribution is -2.49. The molecule has 5 nitrogen and oxygen atoms in total. The number of thiophene rings is 1. The first-order valence-electron chi connectivity index (χ1n) is 12.3. The first-order chi connectivity index (χ1) is 16.8. The van der Waals surface area contributed by atoms with E-state index in [-0.39, 0.29) is 11.5 Å². The summed E-state index contributed by atoms with van der Waals surface area (Å²) < 4.78 is 39.3. The predicted molar refractivity (Wildman–Crippen MR) is 130 cm³/mol. The second-order valence-electron chi connectivity index (χ2n) is 10.1. The molecule has 2 aliphatic carbocycles. The molecule has 35 heavy (non-hydrogen) atoms. The molecule has 9 heteroatoms. The number of amides is 1. The van der Waals surface area contributed by atoms with Crippen molar-refractivity contribution in [3.05, 3.63) is 51.7 Å². The number of aromatic nitrogens is 2. The number of aryl methyl sites for hydroxylation is 1. The third-order valence-electron chi connectivity index (χ3n) is 7.40. The van der Waals surface area contributed by atoms with Gasteiger partial charge in [0.05, 0.1) is 10.9 Å². The zero-order valence-electron chi connectivity index (χ0n) is 19.6. The Balaban J connectivity index is 1.26. The minimum Gasteiger partial charge on any atom is -0.352 e. The molecule has 2 aromatic heterocycles. The molecule has 0 N–H and O–H groups in total. The molecule has 3 aromatic rings. The standard InChI is InChI=1S/C26H27F3N4OS/c1-15-5-8-19-20(13-15)35-24-21(19)23(30-22(31-24)16-6-7-16)32-9-11-33(12-10-32)25(34)17-3-2-4-18(14-17)26(27,28)29/h2-4,14-16H,5-13H2,1H3. The zero-order valence-corrected chi connectivity index (χ0v) is 20.4. The van der Waals surface area contributed by atoms with Gasteiger partial charge in [0.15, 0.2) is 0 Å². The summed E-state index contributed by atoms with van der Waals surface area (Å²) in [5, 5.41) is 1.18. The van der Waals surface area contributed by atoms with Gasteiger partial charge in [0, 0.05) is 42.5 Å². The molecule has 1 saturated heterocycles. The highest BCUT2D eigenvalue weighted by Crippen LogP contribution is 2.45. The number of hydrogen-bond donors (Lipinski definition) is 0. The van der Waals surface area contributed by atoms with E-state index in [0.29, 0.717) is 38.0 Å². The number of carbonyl (C=O) groups is 1. The largest absolute Gasteiger partial charge is 0.416 e. The highest BCUT2D eigenvalue weighted by atomic mass is 32.1. The van der Waals surface area contributed by atoms with E-state index in [1.54, 1.807) is 4.90 Å². The highest BCUT2D eigenvalue weighted by molar-refractivity contribution is 7.19. The van der Waals surface area contributed by atoms with E-state index < -0.39 is 11.7 Å². The second-order valence-corrected chi connectivity index (χ2v) is 11.2. The van der Waals surface area contributed by atoms with Crippen LogP contribution >= 0.6 is 11.3 Å². The first-order valence-corrected chi connectivity index (χ1v) is 13.1. The minimum absolute atomic E-state index is 0.0785. The Labute approximate surface area is 206 Å². The van der Waals surface area contributed by atoms with Crippen LogP contribution in [0.15, 0.2) is 24.3 Å². The van der Waals surface area contributed by atoms with Crippen LogP contribution in [-0.4, -0.2) is 47.0 Å². The molecule has 3 aliphatic rings. The van der Waals surface area contributed by atoms with Gasteiger partial charge in [0.25, 0.3) is 5.91 Å². The number of halogens is 3. The molecule has 184 valence electrons. The molecular formula is C26H27F3N4OS. The number of anilines is 1. The monoisotopic (exact) mass is 500 g/mol. The average Bonchev–Trinajstić information content (AvgIpc) is 3.63. The van der Waals surface area contributed by atoms with Crippen molar-refractivity contribution in [2.75, 3.05) is 31.1 Å². The molecule has 1 amide bonds. The van der Waals surface area contributed by atoms with Crippen LogP contribution in [0.25, 0.3) is 10.2 Å². The summed E-state index contributed by atoms with van der Waals surface area (Å²) in [4.78, 5) is 29.4. The Morgan fingerprint density at radius 1 is 1.09 bits per heavy atom. The van der Waals surface area contributed by atoms with Gasteiger partial charge in [-0.2, -0.15) is 13.2 Å². The maximum Gasteiger partial charge on any atom is 0.416 e. The van der Waals surface area contributed by atoms with Crippen LogP contribution in [0.2, 0.25) is 0 Å². The molecule has 1 saturated carbocycles. The van der Waals surface area contributed by atoms with Crippen molar-refractivity contribution < 1.29 is 18.0 Å². The smallest absolute Gasteiger partial charge is 0.352 e. The number of hydrogen-bond acceptors (Lipinski definition) is 5. The lowest BCUT2D eigenvalue weighted by atomic mass is 9.89. The summed E-state index contributed by atoms with van der Waals surface area (Å²) in [6.07, 6.45) is 1.10. The summed E-state index contributed by atoms with van der Waals surface area (Å²) in [7, 11) is 0. The average molecular weight is 501 g/mol. The van der Waals surface area contributed by atoms with Gasteiger partial charge < -0.3 is 9.80 Å². The van der Waals surface area contributed by atoms with Crippen molar-refractivity contribution in [1.82, 2.24) is 14.9 Å². The number of nitrogens with zero attached hydrogens (tertiary/aromatic N) is 4. The minimum atomic E-state index is -4.47. The van der Waals surface area contributed by atoms with E-state index >= 15 is 0 Å². The lowest BCUT2D eigenvalue weighted by molar-refractivity contribution is -0.137. The second kappa shape index (κ2) is 8.47. The summed E-state index contributed by atoms with van der Waals surface area (Å²) in [5.74, 6) is 2.68. The van der Waals surface area contributed by atoms with Crippen LogP contribution in [0.3, 0.4) is 0 Å². The molecule has 0 bridgehead atoms. The predicted octanol–water partition coefficient (Wildman–Crippen LogP) is 5.67. The van der Waals surface area contributed by atoms with Gasteiger partial charge in [-0.3, -0.25) is 4.79 Å². The quantitative estimate of drug-likeness (QED) is 0.465. The topological polar surface area (TPSA) is 49.3 Å². The Hall–Kier alpha value is -2.68. The Morgan fingerprint density at radius 3 is 2.57 bits per heavy atom. The van der Waals surface area contributed by atoms with Crippen LogP contribution in [0.4, 0.5) is 19.0 Å². The van der Waals surface area contributed by atoms with Crippen LogP contribution in [0, 0.1) is 5.92 Å². The van der Waals surface area contributed by atoms with Gasteiger partial charge in [-0.05, 0) is 61.8 Å². The van der Waals surface area contributed by atoms with Crippen molar-refractivity contribution >= 4 is 33.3 Å². The first kappa shape index (κ1) is 22.8. The van der Waals surface area contributed by atoms with Crippen molar-refractivity contribution in [3.8, 4) is 0 Å². The summed E-state index contributed by atoms with van der Waals surface area (Å²) in [5.41, 5.74) is 0.673. The van der Waals surface area contributed by atoms with E-state index in [1.165, 1.54) is 34.4 Å². The molecule has 1 atom stereocenters. The van der Waals surface area contributed by atoms with Gasteiger partial charge in [0.2, 0.25) is 0 Å². The molecule has 1 unspecified atom stereocenters. The number of benzene rings is 1. The number of rotatable bonds is 3. The number of carbonyl (C=O) groups excluding carboxylic acids is 1. The molecule has 1 aromatic carbocycles. The number of alkyl halides is 3. The molecule has 6 rings (SSSR count). The van der Waals surface area contributed by atoms with Crippen molar-refractivity contribution in [2.45, 2.75) is 51.1 Å². The fraction of sp³-hybridized carbons (Fsp3) is 0.500. The van der Waals surface area contributed by atoms with Gasteiger partial charge in [-0.15, -0.1) is 11.3 Å².